The number of aliphatic carboxylic acids is 1. The van der Waals surface area contributed by atoms with E-state index in [0.717, 1.165) is 30.8 Å². The molecule has 2 aromatic carbocycles. The van der Waals surface area contributed by atoms with Gasteiger partial charge in [0.25, 0.3) is 11.6 Å². The molecule has 0 aliphatic carbocycles. The molecule has 1 aromatic heterocycles. The molecular formula is C26H32Cl2F3N8O11PS. The Balaban J connectivity index is 0.000000466. The number of nitrogens with one attached hydrogen (secondary N) is 4. The van der Waals surface area contributed by atoms with Gasteiger partial charge in [0.1, 0.15) is 17.1 Å². The van der Waals surface area contributed by atoms with Crippen LogP contribution in [0.3, 0.4) is 0 Å². The van der Waals surface area contributed by atoms with Crippen LogP contribution in [-0.4, -0.2) is 86.7 Å². The fourth-order valence-corrected chi connectivity index (χ4v) is 4.48. The van der Waals surface area contributed by atoms with Crippen LogP contribution in [0.1, 0.15) is 36.7 Å². The first kappa shape index (κ1) is 45.6. The number of nitrogens with zero attached hydrogens (tertiary/aromatic N) is 4. The normalized spacial score (nSPS) is 11.3. The number of carbonyl (C=O) groups is 2. The van der Waals surface area contributed by atoms with Crippen molar-refractivity contribution in [3.05, 3.63) is 67.9 Å². The second-order valence-corrected chi connectivity index (χ2v) is 14.2. The topological polar surface area (TPSA) is 285 Å². The quantitative estimate of drug-likeness (QED) is 0.0718. The van der Waals surface area contributed by atoms with Crippen LogP contribution >= 0.6 is 30.8 Å². The molecule has 0 aliphatic heterocycles. The Morgan fingerprint density at radius 3 is 2.17 bits per heavy atom. The fourth-order valence-electron chi connectivity index (χ4n) is 3.25. The number of halogens is 5. The van der Waals surface area contributed by atoms with E-state index >= 15 is 0 Å². The molecule has 1 heterocycles. The van der Waals surface area contributed by atoms with Gasteiger partial charge in [-0.15, -0.1) is 0 Å². The van der Waals surface area contributed by atoms with Crippen molar-refractivity contribution in [3.8, 4) is 11.5 Å². The van der Waals surface area contributed by atoms with E-state index in [2.05, 4.69) is 30.9 Å². The summed E-state index contributed by atoms with van der Waals surface area (Å²) in [6.07, 6.45) is -4.54. The number of carbonyl (C=O) groups excluding carboxylic acids is 1. The van der Waals surface area contributed by atoms with Gasteiger partial charge in [-0.25, -0.2) is 13.1 Å². The van der Waals surface area contributed by atoms with E-state index in [-0.39, 0.29) is 22.8 Å². The average Bonchev–Trinajstić information content (AvgIpc) is 2.96. The number of ether oxygens (including phenoxy) is 1. The Kier molecular flexibility index (Phi) is 17.6. The number of nitro groups is 1. The van der Waals surface area contributed by atoms with Gasteiger partial charge >= 0.3 is 19.7 Å². The zero-order valence-corrected chi connectivity index (χ0v) is 30.5. The van der Waals surface area contributed by atoms with E-state index in [9.17, 15) is 45.9 Å². The maximum Gasteiger partial charge on any atom is 0.416 e. The number of carboxylic acids is 1. The van der Waals surface area contributed by atoms with Gasteiger partial charge in [-0.05, 0) is 56.6 Å². The molecule has 0 saturated heterocycles. The summed E-state index contributed by atoms with van der Waals surface area (Å²) in [5.74, 6) is -1.83. The highest BCUT2D eigenvalue weighted by atomic mass is 35.5. The lowest BCUT2D eigenvalue weighted by Gasteiger charge is -2.12. The molecule has 0 unspecified atom stereocenters. The summed E-state index contributed by atoms with van der Waals surface area (Å²) in [5.41, 5.74) is -2.34. The third kappa shape index (κ3) is 18.2. The van der Waals surface area contributed by atoms with Gasteiger partial charge in [-0.2, -0.15) is 28.1 Å². The summed E-state index contributed by atoms with van der Waals surface area (Å²) >= 11 is 11.5. The van der Waals surface area contributed by atoms with Crippen molar-refractivity contribution in [2.24, 2.45) is 0 Å². The number of rotatable bonds is 13. The summed E-state index contributed by atoms with van der Waals surface area (Å²) in [6, 6.07) is 5.36. The van der Waals surface area contributed by atoms with Crippen molar-refractivity contribution in [2.75, 3.05) is 36.3 Å². The van der Waals surface area contributed by atoms with E-state index in [4.69, 9.17) is 42.8 Å². The Labute approximate surface area is 303 Å². The molecule has 0 aliphatic rings. The Bertz CT molecular complexity index is 1890. The molecule has 7 N–H and O–H groups in total. The summed E-state index contributed by atoms with van der Waals surface area (Å²) in [6.45, 7) is 6.29. The lowest BCUT2D eigenvalue weighted by atomic mass is 10.1. The molecule has 0 fully saturated rings. The number of aromatic nitrogens is 3. The number of hydrogen-bond acceptors (Lipinski definition) is 14. The lowest BCUT2D eigenvalue weighted by molar-refractivity contribution is -0.385. The third-order valence-corrected chi connectivity index (χ3v) is 6.79. The predicted octanol–water partition coefficient (Wildman–Crippen LogP) is 4.32. The highest BCUT2D eigenvalue weighted by molar-refractivity contribution is 7.89. The molecule has 3 aromatic rings. The van der Waals surface area contributed by atoms with Crippen LogP contribution in [0.4, 0.5) is 30.8 Å². The maximum absolute atomic E-state index is 12.7. The standard InChI is InChI=1S/C15H10ClF3N2O6S.C8H14ClN5.C3H8NO5P/c1-28(25,26)20-14(22)10-7-9(3-4-12(10)21(23)24)27-13-5-2-8(6-11(13)16)15(17,18)19;1-4-10-7-12-6(9)13-8(14-7)11-5(2)3;5-3(6)1-4-2-10(7,8)9/h2-7H,1H3,(H,20,22);5H,4H2,1-3H3,(H2,10,11,12,13,14);4H,1-2H2,(H,5,6)(H2,7,8,9). The van der Waals surface area contributed by atoms with Crippen molar-refractivity contribution in [1.82, 2.24) is 25.0 Å². The van der Waals surface area contributed by atoms with Crippen LogP contribution < -0.4 is 25.4 Å². The molecule has 0 radical (unpaired) electrons. The molecule has 19 nitrogen and oxygen atoms in total. The monoisotopic (exact) mass is 822 g/mol. The first-order valence-corrected chi connectivity index (χ1v) is 18.5. The molecule has 26 heteroatoms. The van der Waals surface area contributed by atoms with E-state index in [1.165, 1.54) is 0 Å². The highest BCUT2D eigenvalue weighted by Gasteiger charge is 2.31. The van der Waals surface area contributed by atoms with Gasteiger partial charge in [0.05, 0.1) is 34.6 Å². The number of hydrogen-bond donors (Lipinski definition) is 7. The van der Waals surface area contributed by atoms with Crippen molar-refractivity contribution < 1.29 is 60.3 Å². The SMILES string of the molecule is CCNc1nc(Cl)nc(NC(C)C)n1.CS(=O)(=O)NC(=O)c1cc(Oc2ccc(C(F)(F)F)cc2Cl)ccc1[N+](=O)[O-].O=C(O)CNCP(=O)(O)O. The van der Waals surface area contributed by atoms with Crippen LogP contribution in [0, 0.1) is 10.1 Å². The van der Waals surface area contributed by atoms with E-state index in [0.29, 0.717) is 30.3 Å². The van der Waals surface area contributed by atoms with Crippen LogP contribution in [-0.2, 0) is 25.6 Å². The molecule has 0 saturated carbocycles. The maximum atomic E-state index is 12.7. The van der Waals surface area contributed by atoms with Gasteiger partial charge in [-0.1, -0.05) is 11.6 Å². The van der Waals surface area contributed by atoms with Gasteiger partial charge in [0, 0.05) is 24.7 Å². The Morgan fingerprint density at radius 2 is 1.69 bits per heavy atom. The number of sulfonamides is 1. The number of anilines is 2. The molecule has 288 valence electrons. The molecule has 0 atom stereocenters. The second-order valence-electron chi connectivity index (χ2n) is 10.1. The van der Waals surface area contributed by atoms with E-state index in [1.807, 2.05) is 20.8 Å². The summed E-state index contributed by atoms with van der Waals surface area (Å²) < 4.78 is 77.3. The largest absolute Gasteiger partial charge is 0.480 e. The van der Waals surface area contributed by atoms with Crippen LogP contribution in [0.2, 0.25) is 10.3 Å². The Morgan fingerprint density at radius 1 is 1.08 bits per heavy atom. The zero-order valence-electron chi connectivity index (χ0n) is 27.3. The van der Waals surface area contributed by atoms with Crippen molar-refractivity contribution in [3.63, 3.8) is 0 Å². The third-order valence-electron chi connectivity index (χ3n) is 5.13. The minimum absolute atomic E-state index is 0.189. The smallest absolute Gasteiger partial charge is 0.416 e. The molecular weight excluding hydrogens is 791 g/mol. The van der Waals surface area contributed by atoms with Gasteiger partial charge in [0.2, 0.25) is 27.2 Å². The van der Waals surface area contributed by atoms with Gasteiger partial charge in [0.15, 0.2) is 0 Å². The number of benzene rings is 2. The molecule has 52 heavy (non-hydrogen) atoms. The molecule has 3 rings (SSSR count). The number of amides is 1. The number of carboxylic acid groups (broad SMARTS) is 1. The first-order chi connectivity index (χ1) is 23.8. The van der Waals surface area contributed by atoms with Crippen LogP contribution in [0.25, 0.3) is 0 Å². The number of alkyl halides is 3. The zero-order chi connectivity index (χ0) is 40.0. The second kappa shape index (κ2) is 20.0. The average molecular weight is 824 g/mol. The van der Waals surface area contributed by atoms with Crippen LogP contribution in [0.15, 0.2) is 36.4 Å². The lowest BCUT2D eigenvalue weighted by Crippen LogP contribution is -2.29. The van der Waals surface area contributed by atoms with Gasteiger partial charge < -0.3 is 30.3 Å². The summed E-state index contributed by atoms with van der Waals surface area (Å²) in [4.78, 5) is 60.3. The minimum Gasteiger partial charge on any atom is -0.480 e. The molecule has 0 bridgehead atoms. The summed E-state index contributed by atoms with van der Waals surface area (Å²) in [5, 5.41) is 26.9. The van der Waals surface area contributed by atoms with Crippen LogP contribution in [0.5, 0.6) is 11.5 Å². The molecule has 1 amide bonds. The highest BCUT2D eigenvalue weighted by Crippen LogP contribution is 2.37. The van der Waals surface area contributed by atoms with E-state index in [1.54, 1.807) is 4.72 Å². The number of nitro benzene ring substituents is 1. The summed E-state index contributed by atoms with van der Waals surface area (Å²) in [7, 11) is -8.10. The van der Waals surface area contributed by atoms with E-state index < -0.39 is 75.3 Å². The predicted molar refractivity (Wildman–Crippen MR) is 182 cm³/mol. The Hall–Kier alpha value is -4.38. The van der Waals surface area contributed by atoms with Gasteiger partial charge in [-0.3, -0.25) is 29.6 Å². The minimum atomic E-state index is -4.62. The first-order valence-electron chi connectivity index (χ1n) is 14.1. The van der Waals surface area contributed by atoms with Crippen molar-refractivity contribution >= 4 is 70.3 Å². The van der Waals surface area contributed by atoms with Crippen molar-refractivity contribution in [2.45, 2.75) is 33.0 Å². The fraction of sp³-hybridized carbons (Fsp3) is 0.346. The molecule has 0 spiro atoms. The van der Waals surface area contributed by atoms with Crippen molar-refractivity contribution in [1.29, 1.82) is 0 Å².